The monoisotopic (exact) mass is 207 g/mol. The SMILES string of the molecule is CC(=O)N1CCc2ncn(C(C)C)c2C1. The van der Waals surface area contributed by atoms with E-state index in [1.54, 1.807) is 6.92 Å². The zero-order chi connectivity index (χ0) is 11.0. The number of carbonyl (C=O) groups excluding carboxylic acids is 1. The molecule has 0 fully saturated rings. The van der Waals surface area contributed by atoms with Crippen molar-refractivity contribution < 1.29 is 4.79 Å². The van der Waals surface area contributed by atoms with Gasteiger partial charge in [-0.25, -0.2) is 4.98 Å². The predicted molar refractivity (Wildman–Crippen MR) is 57.4 cm³/mol. The molecule has 0 radical (unpaired) electrons. The maximum absolute atomic E-state index is 11.3. The van der Waals surface area contributed by atoms with Crippen molar-refractivity contribution >= 4 is 5.91 Å². The molecule has 0 N–H and O–H groups in total. The molecule has 1 aliphatic heterocycles. The molecular weight excluding hydrogens is 190 g/mol. The van der Waals surface area contributed by atoms with E-state index in [1.807, 2.05) is 11.2 Å². The summed E-state index contributed by atoms with van der Waals surface area (Å²) in [6, 6.07) is 0.410. The van der Waals surface area contributed by atoms with Crippen molar-refractivity contribution in [3.63, 3.8) is 0 Å². The predicted octanol–water partition coefficient (Wildman–Crippen LogP) is 1.37. The van der Waals surface area contributed by atoms with E-state index in [2.05, 4.69) is 23.4 Å². The molecule has 82 valence electrons. The molecule has 0 spiro atoms. The Morgan fingerprint density at radius 2 is 2.27 bits per heavy atom. The van der Waals surface area contributed by atoms with Crippen LogP contribution in [-0.2, 0) is 17.8 Å². The highest BCUT2D eigenvalue weighted by Gasteiger charge is 2.22. The molecule has 0 aromatic carbocycles. The number of rotatable bonds is 1. The number of carbonyl (C=O) groups is 1. The quantitative estimate of drug-likeness (QED) is 0.697. The van der Waals surface area contributed by atoms with E-state index in [0.717, 1.165) is 18.7 Å². The summed E-state index contributed by atoms with van der Waals surface area (Å²) >= 11 is 0. The van der Waals surface area contributed by atoms with Crippen LogP contribution < -0.4 is 0 Å². The Hall–Kier alpha value is -1.32. The fraction of sp³-hybridized carbons (Fsp3) is 0.636. The lowest BCUT2D eigenvalue weighted by Gasteiger charge is -2.27. The molecule has 4 heteroatoms. The van der Waals surface area contributed by atoms with Crippen molar-refractivity contribution in [1.82, 2.24) is 14.5 Å². The minimum atomic E-state index is 0.150. The molecular formula is C11H17N3O. The Morgan fingerprint density at radius 1 is 1.53 bits per heavy atom. The normalized spacial score (nSPS) is 15.6. The van der Waals surface area contributed by atoms with E-state index >= 15 is 0 Å². The summed E-state index contributed by atoms with van der Waals surface area (Å²) in [6.07, 6.45) is 2.77. The van der Waals surface area contributed by atoms with E-state index in [1.165, 1.54) is 5.69 Å². The molecule has 0 saturated heterocycles. The third-order valence-corrected chi connectivity index (χ3v) is 2.94. The Balaban J connectivity index is 2.30. The summed E-state index contributed by atoms with van der Waals surface area (Å²) in [5.74, 6) is 0.150. The van der Waals surface area contributed by atoms with Crippen LogP contribution in [0.3, 0.4) is 0 Å². The number of imidazole rings is 1. The average Bonchev–Trinajstić information content (AvgIpc) is 2.59. The van der Waals surface area contributed by atoms with Crippen molar-refractivity contribution in [1.29, 1.82) is 0 Å². The highest BCUT2D eigenvalue weighted by atomic mass is 16.2. The lowest BCUT2D eigenvalue weighted by atomic mass is 10.1. The van der Waals surface area contributed by atoms with Crippen molar-refractivity contribution in [2.24, 2.45) is 0 Å². The first kappa shape index (κ1) is 10.2. The van der Waals surface area contributed by atoms with Gasteiger partial charge >= 0.3 is 0 Å². The van der Waals surface area contributed by atoms with Crippen LogP contribution in [0.4, 0.5) is 0 Å². The third-order valence-electron chi connectivity index (χ3n) is 2.94. The molecule has 2 rings (SSSR count). The van der Waals surface area contributed by atoms with Crippen LogP contribution in [0, 0.1) is 0 Å². The van der Waals surface area contributed by atoms with E-state index in [-0.39, 0.29) is 5.91 Å². The van der Waals surface area contributed by atoms with Crippen molar-refractivity contribution in [3.8, 4) is 0 Å². The largest absolute Gasteiger partial charge is 0.337 e. The smallest absolute Gasteiger partial charge is 0.219 e. The van der Waals surface area contributed by atoms with Gasteiger partial charge in [-0.2, -0.15) is 0 Å². The van der Waals surface area contributed by atoms with E-state index in [4.69, 9.17) is 0 Å². The van der Waals surface area contributed by atoms with E-state index in [9.17, 15) is 4.79 Å². The van der Waals surface area contributed by atoms with Gasteiger partial charge in [0.1, 0.15) is 0 Å². The Morgan fingerprint density at radius 3 is 2.87 bits per heavy atom. The number of fused-ring (bicyclic) bond motifs is 1. The van der Waals surface area contributed by atoms with E-state index in [0.29, 0.717) is 12.6 Å². The molecule has 2 heterocycles. The lowest BCUT2D eigenvalue weighted by molar-refractivity contribution is -0.129. The van der Waals surface area contributed by atoms with Gasteiger partial charge in [0, 0.05) is 25.9 Å². The zero-order valence-corrected chi connectivity index (χ0v) is 9.53. The van der Waals surface area contributed by atoms with Crippen LogP contribution in [-0.4, -0.2) is 26.9 Å². The van der Waals surface area contributed by atoms with Crippen LogP contribution in [0.15, 0.2) is 6.33 Å². The summed E-state index contributed by atoms with van der Waals surface area (Å²) in [5.41, 5.74) is 2.35. The Bertz CT molecular complexity index is 381. The first-order chi connectivity index (χ1) is 7.09. The summed E-state index contributed by atoms with van der Waals surface area (Å²) < 4.78 is 2.16. The molecule has 0 aliphatic carbocycles. The summed E-state index contributed by atoms with van der Waals surface area (Å²) in [6.45, 7) is 7.41. The molecule has 15 heavy (non-hydrogen) atoms. The molecule has 0 bridgehead atoms. The molecule has 4 nitrogen and oxygen atoms in total. The minimum absolute atomic E-state index is 0.150. The molecule has 0 unspecified atom stereocenters. The topological polar surface area (TPSA) is 38.1 Å². The first-order valence-electron chi connectivity index (χ1n) is 5.39. The fourth-order valence-corrected chi connectivity index (χ4v) is 2.02. The molecule has 1 aromatic heterocycles. The summed E-state index contributed by atoms with van der Waals surface area (Å²) in [4.78, 5) is 17.6. The average molecular weight is 207 g/mol. The van der Waals surface area contributed by atoms with Gasteiger partial charge in [-0.05, 0) is 13.8 Å². The molecule has 0 saturated carbocycles. The number of hydrogen-bond donors (Lipinski definition) is 0. The van der Waals surface area contributed by atoms with Gasteiger partial charge in [-0.15, -0.1) is 0 Å². The van der Waals surface area contributed by atoms with Crippen LogP contribution in [0.5, 0.6) is 0 Å². The number of aromatic nitrogens is 2. The Labute approximate surface area is 89.9 Å². The van der Waals surface area contributed by atoms with Gasteiger partial charge in [0.05, 0.1) is 24.3 Å². The van der Waals surface area contributed by atoms with Gasteiger partial charge in [0.2, 0.25) is 5.91 Å². The Kier molecular flexibility index (Phi) is 2.50. The third kappa shape index (κ3) is 1.76. The van der Waals surface area contributed by atoms with Crippen molar-refractivity contribution in [3.05, 3.63) is 17.7 Å². The van der Waals surface area contributed by atoms with E-state index < -0.39 is 0 Å². The second-order valence-corrected chi connectivity index (χ2v) is 4.33. The number of hydrogen-bond acceptors (Lipinski definition) is 2. The second kappa shape index (κ2) is 3.68. The first-order valence-corrected chi connectivity index (χ1v) is 5.39. The van der Waals surface area contributed by atoms with Crippen LogP contribution in [0.25, 0.3) is 0 Å². The maximum Gasteiger partial charge on any atom is 0.219 e. The minimum Gasteiger partial charge on any atom is -0.337 e. The molecule has 1 amide bonds. The van der Waals surface area contributed by atoms with Gasteiger partial charge in [-0.1, -0.05) is 0 Å². The van der Waals surface area contributed by atoms with Gasteiger partial charge in [0.15, 0.2) is 0 Å². The van der Waals surface area contributed by atoms with Crippen LogP contribution >= 0.6 is 0 Å². The zero-order valence-electron chi connectivity index (χ0n) is 9.53. The maximum atomic E-state index is 11.3. The number of amides is 1. The summed E-state index contributed by atoms with van der Waals surface area (Å²) in [7, 11) is 0. The van der Waals surface area contributed by atoms with Gasteiger partial charge in [0.25, 0.3) is 0 Å². The lowest BCUT2D eigenvalue weighted by Crippen LogP contribution is -2.35. The fourth-order valence-electron chi connectivity index (χ4n) is 2.02. The van der Waals surface area contributed by atoms with Gasteiger partial charge < -0.3 is 9.47 Å². The van der Waals surface area contributed by atoms with Crippen LogP contribution in [0.1, 0.15) is 38.2 Å². The molecule has 1 aromatic rings. The summed E-state index contributed by atoms with van der Waals surface area (Å²) in [5, 5.41) is 0. The van der Waals surface area contributed by atoms with Crippen LogP contribution in [0.2, 0.25) is 0 Å². The molecule has 1 aliphatic rings. The molecule has 0 atom stereocenters. The highest BCUT2D eigenvalue weighted by molar-refractivity contribution is 5.73. The van der Waals surface area contributed by atoms with Gasteiger partial charge in [-0.3, -0.25) is 4.79 Å². The highest BCUT2D eigenvalue weighted by Crippen LogP contribution is 2.20. The second-order valence-electron chi connectivity index (χ2n) is 4.33. The standard InChI is InChI=1S/C11H17N3O/c1-8(2)14-7-12-10-4-5-13(9(3)15)6-11(10)14/h7-8H,4-6H2,1-3H3. The van der Waals surface area contributed by atoms with Crippen molar-refractivity contribution in [2.75, 3.05) is 6.54 Å². The number of nitrogens with zero attached hydrogens (tertiary/aromatic N) is 3. The van der Waals surface area contributed by atoms with Crippen molar-refractivity contribution in [2.45, 2.75) is 39.8 Å².